The number of sulfonamides is 1. The quantitative estimate of drug-likeness (QED) is 0.315. The number of rotatable bonds is 14. The fourth-order valence-electron chi connectivity index (χ4n) is 4.25. The minimum absolute atomic E-state index is 0.0162. The first-order valence-electron chi connectivity index (χ1n) is 12.9. The standard InChI is InChI=1S/C30H38N2O6S/c1-22(2)20-32(39(35,36)27-16-14-26(38-4)15-17-27)21-29(33)28(18-23-8-6-5-7-9-23)31-30(34)19-24-10-12-25(37-3)13-11-24/h5-17,22,28-29,33H,18-21H2,1-4H3,(H,31,34)/t28-,29+/m0/s1. The van der Waals surface area contributed by atoms with Gasteiger partial charge in [0.2, 0.25) is 15.9 Å². The third-order valence-electron chi connectivity index (χ3n) is 6.29. The number of carbonyl (C=O) groups excluding carboxylic acids is 1. The number of amides is 1. The lowest BCUT2D eigenvalue weighted by Gasteiger charge is -2.31. The summed E-state index contributed by atoms with van der Waals surface area (Å²) in [7, 11) is -0.820. The molecule has 3 aromatic rings. The van der Waals surface area contributed by atoms with Crippen molar-refractivity contribution in [3.63, 3.8) is 0 Å². The maximum Gasteiger partial charge on any atom is 0.243 e. The summed E-state index contributed by atoms with van der Waals surface area (Å²) in [5, 5.41) is 14.3. The first-order chi connectivity index (χ1) is 18.6. The van der Waals surface area contributed by atoms with Gasteiger partial charge in [-0.1, -0.05) is 56.3 Å². The van der Waals surface area contributed by atoms with Crippen molar-refractivity contribution in [1.29, 1.82) is 0 Å². The molecule has 0 heterocycles. The normalized spacial score (nSPS) is 13.2. The number of hydrogen-bond donors (Lipinski definition) is 2. The molecule has 0 bridgehead atoms. The minimum atomic E-state index is -3.91. The fourth-order valence-corrected chi connectivity index (χ4v) is 5.87. The number of carbonyl (C=O) groups is 1. The Morgan fingerprint density at radius 2 is 1.41 bits per heavy atom. The SMILES string of the molecule is COc1ccc(CC(=O)N[C@@H](Cc2ccccc2)[C@H](O)CN(CC(C)C)S(=O)(=O)c2ccc(OC)cc2)cc1. The maximum absolute atomic E-state index is 13.6. The molecular weight excluding hydrogens is 516 g/mol. The van der Waals surface area contributed by atoms with Crippen molar-refractivity contribution < 1.29 is 27.8 Å². The minimum Gasteiger partial charge on any atom is -0.497 e. The van der Waals surface area contributed by atoms with Crippen molar-refractivity contribution >= 4 is 15.9 Å². The molecule has 2 N–H and O–H groups in total. The van der Waals surface area contributed by atoms with Gasteiger partial charge in [0.1, 0.15) is 11.5 Å². The van der Waals surface area contributed by atoms with Crippen molar-refractivity contribution in [2.75, 3.05) is 27.3 Å². The number of hydrogen-bond acceptors (Lipinski definition) is 6. The number of methoxy groups -OCH3 is 2. The maximum atomic E-state index is 13.6. The highest BCUT2D eigenvalue weighted by molar-refractivity contribution is 7.89. The molecule has 0 saturated heterocycles. The van der Waals surface area contributed by atoms with Crippen LogP contribution in [0, 0.1) is 5.92 Å². The first kappa shape index (κ1) is 30.1. The Morgan fingerprint density at radius 3 is 1.95 bits per heavy atom. The molecule has 0 fully saturated rings. The Morgan fingerprint density at radius 1 is 0.846 bits per heavy atom. The van der Waals surface area contributed by atoms with Crippen LogP contribution in [0.15, 0.2) is 83.8 Å². The van der Waals surface area contributed by atoms with E-state index in [1.54, 1.807) is 31.4 Å². The van der Waals surface area contributed by atoms with Crippen LogP contribution in [0.25, 0.3) is 0 Å². The van der Waals surface area contributed by atoms with Gasteiger partial charge in [-0.3, -0.25) is 4.79 Å². The lowest BCUT2D eigenvalue weighted by Crippen LogP contribution is -2.51. The predicted molar refractivity (Wildman–Crippen MR) is 151 cm³/mol. The molecule has 3 rings (SSSR count). The number of ether oxygens (including phenoxy) is 2. The molecule has 39 heavy (non-hydrogen) atoms. The summed E-state index contributed by atoms with van der Waals surface area (Å²) in [5.74, 6) is 0.989. The molecule has 210 valence electrons. The molecule has 8 nitrogen and oxygen atoms in total. The number of aliphatic hydroxyl groups is 1. The van der Waals surface area contributed by atoms with E-state index in [2.05, 4.69) is 5.32 Å². The lowest BCUT2D eigenvalue weighted by atomic mass is 10.00. The molecule has 0 spiro atoms. The van der Waals surface area contributed by atoms with Gasteiger partial charge in [-0.2, -0.15) is 4.31 Å². The summed E-state index contributed by atoms with van der Waals surface area (Å²) in [6.45, 7) is 3.87. The zero-order valence-electron chi connectivity index (χ0n) is 22.9. The van der Waals surface area contributed by atoms with E-state index in [0.717, 1.165) is 11.1 Å². The average molecular weight is 555 g/mol. The van der Waals surface area contributed by atoms with Crippen molar-refractivity contribution in [2.45, 2.75) is 43.7 Å². The molecule has 0 saturated carbocycles. The monoisotopic (exact) mass is 554 g/mol. The molecule has 0 unspecified atom stereocenters. The molecule has 2 atom stereocenters. The Balaban J connectivity index is 1.82. The van der Waals surface area contributed by atoms with E-state index >= 15 is 0 Å². The van der Waals surface area contributed by atoms with E-state index in [1.807, 2.05) is 56.3 Å². The average Bonchev–Trinajstić information content (AvgIpc) is 2.93. The fraction of sp³-hybridized carbons (Fsp3) is 0.367. The number of aliphatic hydroxyl groups excluding tert-OH is 1. The van der Waals surface area contributed by atoms with Crippen molar-refractivity contribution in [2.24, 2.45) is 5.92 Å². The van der Waals surface area contributed by atoms with Crippen LogP contribution in [0.3, 0.4) is 0 Å². The van der Waals surface area contributed by atoms with E-state index in [-0.39, 0.29) is 36.2 Å². The third kappa shape index (κ3) is 8.81. The van der Waals surface area contributed by atoms with Gasteiger partial charge in [-0.15, -0.1) is 0 Å². The highest BCUT2D eigenvalue weighted by atomic mass is 32.2. The molecule has 0 aliphatic rings. The van der Waals surface area contributed by atoms with Gasteiger partial charge in [-0.05, 0) is 59.9 Å². The molecule has 0 aliphatic carbocycles. The van der Waals surface area contributed by atoms with E-state index < -0.39 is 22.2 Å². The Hall–Kier alpha value is -3.40. The lowest BCUT2D eigenvalue weighted by molar-refractivity contribution is -0.122. The summed E-state index contributed by atoms with van der Waals surface area (Å²) in [6.07, 6.45) is -0.701. The first-order valence-corrected chi connectivity index (χ1v) is 14.3. The molecule has 9 heteroatoms. The van der Waals surface area contributed by atoms with Gasteiger partial charge < -0.3 is 19.9 Å². The molecular formula is C30H38N2O6S. The van der Waals surface area contributed by atoms with E-state index in [4.69, 9.17) is 9.47 Å². The second kappa shape index (κ2) is 14.1. The molecule has 1 amide bonds. The van der Waals surface area contributed by atoms with Gasteiger partial charge >= 0.3 is 0 Å². The summed E-state index contributed by atoms with van der Waals surface area (Å²) in [6, 6.07) is 22.1. The van der Waals surface area contributed by atoms with Crippen molar-refractivity contribution in [3.05, 3.63) is 90.0 Å². The Labute approximate surface area is 231 Å². The van der Waals surface area contributed by atoms with Gasteiger partial charge in [0.25, 0.3) is 0 Å². The third-order valence-corrected chi connectivity index (χ3v) is 8.14. The number of nitrogens with zero attached hydrogens (tertiary/aromatic N) is 1. The summed E-state index contributed by atoms with van der Waals surface area (Å²) >= 11 is 0. The van der Waals surface area contributed by atoms with Crippen LogP contribution in [0.5, 0.6) is 11.5 Å². The summed E-state index contributed by atoms with van der Waals surface area (Å²) in [5.41, 5.74) is 1.71. The highest BCUT2D eigenvalue weighted by Crippen LogP contribution is 2.22. The van der Waals surface area contributed by atoms with Crippen LogP contribution in [-0.4, -0.2) is 63.2 Å². The Bertz CT molecular complexity index is 1280. The van der Waals surface area contributed by atoms with Crippen molar-refractivity contribution in [3.8, 4) is 11.5 Å². The summed E-state index contributed by atoms with van der Waals surface area (Å²) < 4.78 is 38.8. The van der Waals surface area contributed by atoms with Crippen LogP contribution in [0.1, 0.15) is 25.0 Å². The molecule has 0 aromatic heterocycles. The van der Waals surface area contributed by atoms with Crippen LogP contribution >= 0.6 is 0 Å². The zero-order chi connectivity index (χ0) is 28.4. The van der Waals surface area contributed by atoms with E-state index in [9.17, 15) is 18.3 Å². The van der Waals surface area contributed by atoms with Crippen LogP contribution in [0.4, 0.5) is 0 Å². The second-order valence-electron chi connectivity index (χ2n) is 9.85. The topological polar surface area (TPSA) is 105 Å². The van der Waals surface area contributed by atoms with E-state index in [1.165, 1.54) is 23.5 Å². The van der Waals surface area contributed by atoms with Crippen LogP contribution in [0.2, 0.25) is 0 Å². The van der Waals surface area contributed by atoms with Crippen molar-refractivity contribution in [1.82, 2.24) is 9.62 Å². The van der Waals surface area contributed by atoms with Gasteiger partial charge in [0, 0.05) is 13.1 Å². The van der Waals surface area contributed by atoms with Gasteiger partial charge in [0.15, 0.2) is 0 Å². The largest absolute Gasteiger partial charge is 0.497 e. The predicted octanol–water partition coefficient (Wildman–Crippen LogP) is 3.68. The smallest absolute Gasteiger partial charge is 0.243 e. The molecule has 3 aromatic carbocycles. The summed E-state index contributed by atoms with van der Waals surface area (Å²) in [4.78, 5) is 13.1. The van der Waals surface area contributed by atoms with Gasteiger partial charge in [0.05, 0.1) is 37.7 Å². The van der Waals surface area contributed by atoms with Crippen LogP contribution < -0.4 is 14.8 Å². The molecule has 0 aliphatic heterocycles. The van der Waals surface area contributed by atoms with Gasteiger partial charge in [-0.25, -0.2) is 8.42 Å². The molecule has 0 radical (unpaired) electrons. The second-order valence-corrected chi connectivity index (χ2v) is 11.8. The zero-order valence-corrected chi connectivity index (χ0v) is 23.7. The number of benzene rings is 3. The Kier molecular flexibility index (Phi) is 10.9. The highest BCUT2D eigenvalue weighted by Gasteiger charge is 2.31. The van der Waals surface area contributed by atoms with Crippen LogP contribution in [-0.2, 0) is 27.7 Å². The van der Waals surface area contributed by atoms with E-state index in [0.29, 0.717) is 17.9 Å². The number of nitrogens with one attached hydrogen (secondary N) is 1.